The van der Waals surface area contributed by atoms with Crippen LogP contribution in [0.25, 0.3) is 0 Å². The molecule has 0 N–H and O–H groups in total. The molecular weight excluding hydrogens is 158 g/mol. The van der Waals surface area contributed by atoms with Gasteiger partial charge in [0.1, 0.15) is 0 Å². The molecule has 6 heteroatoms. The van der Waals surface area contributed by atoms with Gasteiger partial charge in [-0.05, 0) is 6.92 Å². The Kier molecular flexibility index (Phi) is 3.14. The molecule has 0 aliphatic heterocycles. The first-order chi connectivity index (χ1) is 4.45. The molecule has 0 aliphatic rings. The van der Waals surface area contributed by atoms with E-state index in [2.05, 4.69) is 9.46 Å². The van der Waals surface area contributed by atoms with E-state index in [1.165, 1.54) is 0 Å². The fourth-order valence-corrected chi connectivity index (χ4v) is 0.609. The zero-order chi connectivity index (χ0) is 8.20. The Morgan fingerprint density at radius 3 is 2.40 bits per heavy atom. The third-order valence-corrected chi connectivity index (χ3v) is 0.989. The lowest BCUT2D eigenvalue weighted by Crippen LogP contribution is -2.22. The van der Waals surface area contributed by atoms with Gasteiger partial charge in [-0.15, -0.1) is 0 Å². The van der Waals surface area contributed by atoms with Crippen molar-refractivity contribution in [2.75, 3.05) is 12.9 Å². The molecule has 59 valence electrons. The smallest absolute Gasteiger partial charge is 0.444 e. The molecule has 0 heterocycles. The van der Waals surface area contributed by atoms with Crippen molar-refractivity contribution in [2.24, 2.45) is 0 Å². The zero-order valence-electron chi connectivity index (χ0n) is 5.70. The second-order valence-electron chi connectivity index (χ2n) is 1.52. The van der Waals surface area contributed by atoms with E-state index in [1.807, 2.05) is 0 Å². The third kappa shape index (κ3) is 5.36. The standard InChI is InChI=1S/C4H8NO4S/c1-3-9-4(6)5-10(2,7)8/h3H2,1-2H3. The quantitative estimate of drug-likeness (QED) is 0.564. The average molecular weight is 166 g/mol. The fraction of sp³-hybridized carbons (Fsp3) is 0.750. The topological polar surface area (TPSA) is 74.5 Å². The summed E-state index contributed by atoms with van der Waals surface area (Å²) in [5, 5.41) is 0. The Morgan fingerprint density at radius 2 is 2.10 bits per heavy atom. The summed E-state index contributed by atoms with van der Waals surface area (Å²) in [7, 11) is -3.60. The SMILES string of the molecule is CCOC(=O)[N]S(C)(=O)=O. The predicted molar refractivity (Wildman–Crippen MR) is 34.0 cm³/mol. The summed E-state index contributed by atoms with van der Waals surface area (Å²) < 4.78 is 27.4. The summed E-state index contributed by atoms with van der Waals surface area (Å²) >= 11 is 0. The van der Waals surface area contributed by atoms with Gasteiger partial charge in [0.15, 0.2) is 0 Å². The fourth-order valence-electron chi connectivity index (χ4n) is 0.285. The van der Waals surface area contributed by atoms with Crippen molar-refractivity contribution in [1.82, 2.24) is 4.72 Å². The van der Waals surface area contributed by atoms with E-state index in [-0.39, 0.29) is 6.61 Å². The number of hydrogen-bond donors (Lipinski definition) is 0. The molecule has 0 saturated carbocycles. The lowest BCUT2D eigenvalue weighted by Gasteiger charge is -1.97. The van der Waals surface area contributed by atoms with Crippen LogP contribution in [0.4, 0.5) is 4.79 Å². The van der Waals surface area contributed by atoms with Gasteiger partial charge < -0.3 is 4.74 Å². The minimum absolute atomic E-state index is 0.123. The molecule has 0 aromatic carbocycles. The first-order valence-corrected chi connectivity index (χ1v) is 4.40. The molecule has 0 fully saturated rings. The van der Waals surface area contributed by atoms with Crippen LogP contribution in [0, 0.1) is 0 Å². The third-order valence-electron chi connectivity index (χ3n) is 0.508. The molecule has 1 radical (unpaired) electrons. The maximum atomic E-state index is 10.3. The van der Waals surface area contributed by atoms with E-state index in [0.717, 1.165) is 6.26 Å². The highest BCUT2D eigenvalue weighted by atomic mass is 32.2. The Hall–Kier alpha value is -0.780. The number of rotatable bonds is 2. The number of hydrogen-bond acceptors (Lipinski definition) is 4. The van der Waals surface area contributed by atoms with Gasteiger partial charge in [-0.25, -0.2) is 13.2 Å². The second kappa shape index (κ2) is 3.40. The van der Waals surface area contributed by atoms with Gasteiger partial charge in [-0.2, -0.15) is 0 Å². The van der Waals surface area contributed by atoms with E-state index < -0.39 is 16.1 Å². The van der Waals surface area contributed by atoms with Crippen molar-refractivity contribution in [2.45, 2.75) is 6.92 Å². The first-order valence-electron chi connectivity index (χ1n) is 2.55. The molecule has 10 heavy (non-hydrogen) atoms. The van der Waals surface area contributed by atoms with Gasteiger partial charge in [0.05, 0.1) is 12.9 Å². The highest BCUT2D eigenvalue weighted by molar-refractivity contribution is 7.89. The summed E-state index contributed by atoms with van der Waals surface area (Å²) in [5.74, 6) is 0. The molecule has 0 atom stereocenters. The van der Waals surface area contributed by atoms with Crippen LogP contribution in [-0.4, -0.2) is 27.4 Å². The first kappa shape index (κ1) is 9.22. The number of sulfonamides is 1. The van der Waals surface area contributed by atoms with Gasteiger partial charge in [0, 0.05) is 0 Å². The maximum Gasteiger partial charge on any atom is 0.444 e. The predicted octanol–water partition coefficient (Wildman–Crippen LogP) is -0.293. The van der Waals surface area contributed by atoms with Crippen LogP contribution in [-0.2, 0) is 14.8 Å². The monoisotopic (exact) mass is 166 g/mol. The molecule has 0 aromatic heterocycles. The van der Waals surface area contributed by atoms with Crippen molar-refractivity contribution in [3.8, 4) is 0 Å². The largest absolute Gasteiger partial charge is 0.448 e. The number of carbonyl (C=O) groups is 1. The van der Waals surface area contributed by atoms with Gasteiger partial charge in [-0.1, -0.05) is 4.72 Å². The van der Waals surface area contributed by atoms with Crippen molar-refractivity contribution < 1.29 is 17.9 Å². The molecule has 0 aromatic rings. The summed E-state index contributed by atoms with van der Waals surface area (Å²) in [6.07, 6.45) is -0.241. The lowest BCUT2D eigenvalue weighted by molar-refractivity contribution is 0.158. The molecule has 1 amide bonds. The number of nitrogens with zero attached hydrogens (tertiary/aromatic N) is 1. The molecular formula is C4H8NO4S. The van der Waals surface area contributed by atoms with Crippen LogP contribution in [0.15, 0.2) is 0 Å². The van der Waals surface area contributed by atoms with E-state index in [1.54, 1.807) is 6.92 Å². The molecule has 0 bridgehead atoms. The van der Waals surface area contributed by atoms with Crippen LogP contribution in [0.1, 0.15) is 6.92 Å². The highest BCUT2D eigenvalue weighted by Gasteiger charge is 2.10. The van der Waals surface area contributed by atoms with Gasteiger partial charge in [-0.3, -0.25) is 0 Å². The number of ether oxygens (including phenoxy) is 1. The minimum Gasteiger partial charge on any atom is -0.448 e. The summed E-state index contributed by atoms with van der Waals surface area (Å²) in [5.41, 5.74) is 0. The van der Waals surface area contributed by atoms with Gasteiger partial charge in [0.25, 0.3) is 10.0 Å². The van der Waals surface area contributed by atoms with Crippen LogP contribution >= 0.6 is 0 Å². The Balaban J connectivity index is 3.82. The molecule has 0 rings (SSSR count). The van der Waals surface area contributed by atoms with E-state index >= 15 is 0 Å². The highest BCUT2D eigenvalue weighted by Crippen LogP contribution is 1.82. The van der Waals surface area contributed by atoms with Crippen molar-refractivity contribution in [1.29, 1.82) is 0 Å². The molecule has 5 nitrogen and oxygen atoms in total. The van der Waals surface area contributed by atoms with E-state index in [0.29, 0.717) is 0 Å². The van der Waals surface area contributed by atoms with Crippen LogP contribution in [0.5, 0.6) is 0 Å². The van der Waals surface area contributed by atoms with Crippen molar-refractivity contribution in [3.63, 3.8) is 0 Å². The maximum absolute atomic E-state index is 10.3. The Bertz CT molecular complexity index is 207. The number of amides is 1. The minimum atomic E-state index is -3.60. The Labute approximate surface area is 59.4 Å². The number of carbonyl (C=O) groups excluding carboxylic acids is 1. The summed E-state index contributed by atoms with van der Waals surface area (Å²) in [6.45, 7) is 1.69. The second-order valence-corrected chi connectivity index (χ2v) is 3.17. The Morgan fingerprint density at radius 1 is 1.60 bits per heavy atom. The van der Waals surface area contributed by atoms with Crippen LogP contribution in [0.3, 0.4) is 0 Å². The normalized spacial score (nSPS) is 10.6. The van der Waals surface area contributed by atoms with Crippen LogP contribution in [0.2, 0.25) is 0 Å². The zero-order valence-corrected chi connectivity index (χ0v) is 6.51. The van der Waals surface area contributed by atoms with Crippen molar-refractivity contribution in [3.05, 3.63) is 0 Å². The molecule has 0 aliphatic carbocycles. The van der Waals surface area contributed by atoms with Crippen molar-refractivity contribution >= 4 is 16.1 Å². The van der Waals surface area contributed by atoms with Crippen LogP contribution < -0.4 is 4.72 Å². The van der Waals surface area contributed by atoms with E-state index in [9.17, 15) is 13.2 Å². The lowest BCUT2D eigenvalue weighted by atomic mass is 10.9. The molecule has 0 spiro atoms. The average Bonchev–Trinajstić information content (AvgIpc) is 1.59. The molecule has 0 saturated heterocycles. The van der Waals surface area contributed by atoms with E-state index in [4.69, 9.17) is 0 Å². The molecule has 0 unspecified atom stereocenters. The summed E-state index contributed by atoms with van der Waals surface area (Å²) in [6, 6.07) is 0. The summed E-state index contributed by atoms with van der Waals surface area (Å²) in [4.78, 5) is 10.3. The van der Waals surface area contributed by atoms with Gasteiger partial charge in [0.2, 0.25) is 0 Å². The van der Waals surface area contributed by atoms with Gasteiger partial charge >= 0.3 is 6.09 Å².